The monoisotopic (exact) mass is 254 g/mol. The number of hydrogen-bond donors (Lipinski definition) is 0. The third-order valence-electron chi connectivity index (χ3n) is 3.75. The van der Waals surface area contributed by atoms with Crippen LogP contribution in [0.15, 0.2) is 0 Å². The molecule has 0 aliphatic carbocycles. The number of ketones is 1. The third kappa shape index (κ3) is 12.1. The Kier molecular flexibility index (Phi) is 12.9. The van der Waals surface area contributed by atoms with Crippen molar-refractivity contribution >= 4 is 5.78 Å². The molecule has 0 spiro atoms. The summed E-state index contributed by atoms with van der Waals surface area (Å²) in [5.74, 6) is 1.20. The molecular weight excluding hydrogens is 220 g/mol. The van der Waals surface area contributed by atoms with E-state index in [-0.39, 0.29) is 0 Å². The van der Waals surface area contributed by atoms with Gasteiger partial charge < -0.3 is 0 Å². The van der Waals surface area contributed by atoms with Crippen molar-refractivity contribution < 1.29 is 4.79 Å². The van der Waals surface area contributed by atoms with Crippen molar-refractivity contribution in [2.45, 2.75) is 97.8 Å². The van der Waals surface area contributed by atoms with Gasteiger partial charge in [-0.25, -0.2) is 0 Å². The number of Topliss-reactive ketones (excluding diaryl/α,β-unsaturated/α-hetero) is 1. The summed E-state index contributed by atoms with van der Waals surface area (Å²) in [6.07, 6.45) is 14.7. The maximum absolute atomic E-state index is 11.4. The molecule has 0 radical (unpaired) electrons. The fraction of sp³-hybridized carbons (Fsp3) is 0.941. The molecule has 0 aromatic rings. The molecule has 0 saturated carbocycles. The summed E-state index contributed by atoms with van der Waals surface area (Å²) < 4.78 is 0. The van der Waals surface area contributed by atoms with Crippen molar-refractivity contribution in [3.8, 4) is 0 Å². The number of rotatable bonds is 13. The van der Waals surface area contributed by atoms with Gasteiger partial charge in [0, 0.05) is 12.8 Å². The lowest BCUT2D eigenvalue weighted by Gasteiger charge is -2.10. The predicted molar refractivity (Wildman–Crippen MR) is 80.9 cm³/mol. The van der Waals surface area contributed by atoms with E-state index < -0.39 is 0 Å². The first kappa shape index (κ1) is 17.7. The smallest absolute Gasteiger partial charge is 0.132 e. The average Bonchev–Trinajstić information content (AvgIpc) is 2.35. The van der Waals surface area contributed by atoms with E-state index in [1.54, 1.807) is 0 Å². The maximum atomic E-state index is 11.4. The molecule has 1 atom stereocenters. The van der Waals surface area contributed by atoms with Gasteiger partial charge >= 0.3 is 0 Å². The van der Waals surface area contributed by atoms with E-state index in [0.717, 1.165) is 31.6 Å². The van der Waals surface area contributed by atoms with E-state index in [4.69, 9.17) is 0 Å². The van der Waals surface area contributed by atoms with Crippen LogP contribution in [0.5, 0.6) is 0 Å². The van der Waals surface area contributed by atoms with Crippen LogP contribution in [0.4, 0.5) is 0 Å². The molecule has 0 aliphatic heterocycles. The fourth-order valence-corrected chi connectivity index (χ4v) is 2.41. The molecule has 0 aromatic heterocycles. The average molecular weight is 254 g/mol. The predicted octanol–water partition coefficient (Wildman–Crippen LogP) is 5.91. The summed E-state index contributed by atoms with van der Waals surface area (Å²) >= 11 is 0. The normalized spacial score (nSPS) is 12.6. The van der Waals surface area contributed by atoms with Crippen LogP contribution in [0.1, 0.15) is 97.8 Å². The largest absolute Gasteiger partial charge is 0.300 e. The van der Waals surface area contributed by atoms with Gasteiger partial charge in [0.1, 0.15) is 5.78 Å². The summed E-state index contributed by atoms with van der Waals surface area (Å²) in [4.78, 5) is 11.4. The number of unbranched alkanes of at least 4 members (excludes halogenated alkanes) is 6. The molecule has 0 fully saturated rings. The molecule has 0 rings (SSSR count). The van der Waals surface area contributed by atoms with Crippen molar-refractivity contribution in [3.05, 3.63) is 0 Å². The minimum atomic E-state index is 0.462. The van der Waals surface area contributed by atoms with Crippen molar-refractivity contribution in [1.82, 2.24) is 0 Å². The Labute approximate surface area is 115 Å². The lowest BCUT2D eigenvalue weighted by atomic mass is 9.95. The standard InChI is InChI=1S/C17H34O/c1-4-6-7-8-9-10-11-13-16(3)14-15-17(18)12-5-2/h16H,4-15H2,1-3H3. The van der Waals surface area contributed by atoms with E-state index in [1.165, 1.54) is 51.4 Å². The van der Waals surface area contributed by atoms with E-state index in [1.807, 2.05) is 0 Å². The van der Waals surface area contributed by atoms with Gasteiger partial charge in [0.15, 0.2) is 0 Å². The third-order valence-corrected chi connectivity index (χ3v) is 3.75. The van der Waals surface area contributed by atoms with Crippen molar-refractivity contribution in [3.63, 3.8) is 0 Å². The minimum absolute atomic E-state index is 0.462. The zero-order valence-electron chi connectivity index (χ0n) is 13.0. The molecule has 1 nitrogen and oxygen atoms in total. The first-order valence-corrected chi connectivity index (χ1v) is 8.22. The van der Waals surface area contributed by atoms with Gasteiger partial charge in [-0.1, -0.05) is 72.1 Å². The van der Waals surface area contributed by atoms with E-state index >= 15 is 0 Å². The molecule has 108 valence electrons. The quantitative estimate of drug-likeness (QED) is 0.373. The second kappa shape index (κ2) is 13.1. The van der Waals surface area contributed by atoms with Crippen molar-refractivity contribution in [2.24, 2.45) is 5.92 Å². The molecule has 0 bridgehead atoms. The molecule has 1 unspecified atom stereocenters. The van der Waals surface area contributed by atoms with Gasteiger partial charge in [0.2, 0.25) is 0 Å². The molecular formula is C17H34O. The van der Waals surface area contributed by atoms with Gasteiger partial charge in [-0.15, -0.1) is 0 Å². The highest BCUT2D eigenvalue weighted by molar-refractivity contribution is 5.78. The molecule has 0 N–H and O–H groups in total. The topological polar surface area (TPSA) is 17.1 Å². The molecule has 0 amide bonds. The zero-order valence-corrected chi connectivity index (χ0v) is 13.0. The highest BCUT2D eigenvalue weighted by Crippen LogP contribution is 2.17. The van der Waals surface area contributed by atoms with Crippen LogP contribution in [-0.2, 0) is 4.79 Å². The number of hydrogen-bond acceptors (Lipinski definition) is 1. The summed E-state index contributed by atoms with van der Waals surface area (Å²) in [6, 6.07) is 0. The van der Waals surface area contributed by atoms with Gasteiger partial charge in [0.05, 0.1) is 0 Å². The summed E-state index contributed by atoms with van der Waals surface area (Å²) in [6.45, 7) is 6.65. The molecule has 1 heteroatoms. The van der Waals surface area contributed by atoms with Crippen LogP contribution in [0.3, 0.4) is 0 Å². The van der Waals surface area contributed by atoms with Gasteiger partial charge in [-0.3, -0.25) is 4.79 Å². The van der Waals surface area contributed by atoms with Gasteiger partial charge in [0.25, 0.3) is 0 Å². The first-order valence-electron chi connectivity index (χ1n) is 8.22. The van der Waals surface area contributed by atoms with Crippen LogP contribution < -0.4 is 0 Å². The molecule has 0 aliphatic rings. The van der Waals surface area contributed by atoms with Gasteiger partial charge in [-0.05, 0) is 18.8 Å². The Bertz CT molecular complexity index is 186. The van der Waals surface area contributed by atoms with E-state index in [2.05, 4.69) is 20.8 Å². The highest BCUT2D eigenvalue weighted by Gasteiger charge is 2.06. The van der Waals surface area contributed by atoms with Crippen LogP contribution >= 0.6 is 0 Å². The first-order chi connectivity index (χ1) is 8.70. The fourth-order valence-electron chi connectivity index (χ4n) is 2.41. The van der Waals surface area contributed by atoms with Crippen LogP contribution in [0, 0.1) is 5.92 Å². The lowest BCUT2D eigenvalue weighted by molar-refractivity contribution is -0.119. The van der Waals surface area contributed by atoms with E-state index in [9.17, 15) is 4.79 Å². The van der Waals surface area contributed by atoms with E-state index in [0.29, 0.717) is 5.78 Å². The molecule has 0 aromatic carbocycles. The minimum Gasteiger partial charge on any atom is -0.300 e. The zero-order chi connectivity index (χ0) is 13.6. The highest BCUT2D eigenvalue weighted by atomic mass is 16.1. The van der Waals surface area contributed by atoms with Crippen LogP contribution in [-0.4, -0.2) is 5.78 Å². The van der Waals surface area contributed by atoms with Crippen molar-refractivity contribution in [1.29, 1.82) is 0 Å². The molecule has 18 heavy (non-hydrogen) atoms. The summed E-state index contributed by atoms with van der Waals surface area (Å²) in [5.41, 5.74) is 0. The van der Waals surface area contributed by atoms with Crippen LogP contribution in [0.2, 0.25) is 0 Å². The Balaban J connectivity index is 3.26. The SMILES string of the molecule is CCCCCCCCCC(C)CCC(=O)CCC. The Morgan fingerprint density at radius 2 is 1.39 bits per heavy atom. The Morgan fingerprint density at radius 1 is 0.778 bits per heavy atom. The van der Waals surface area contributed by atoms with Gasteiger partial charge in [-0.2, -0.15) is 0 Å². The van der Waals surface area contributed by atoms with Crippen molar-refractivity contribution in [2.75, 3.05) is 0 Å². The number of carbonyl (C=O) groups excluding carboxylic acids is 1. The molecule has 0 saturated heterocycles. The Morgan fingerprint density at radius 3 is 2.00 bits per heavy atom. The number of carbonyl (C=O) groups is 1. The Hall–Kier alpha value is -0.330. The summed E-state index contributed by atoms with van der Waals surface area (Å²) in [7, 11) is 0. The lowest BCUT2D eigenvalue weighted by Crippen LogP contribution is -2.02. The second-order valence-electron chi connectivity index (χ2n) is 5.84. The second-order valence-corrected chi connectivity index (χ2v) is 5.84. The summed E-state index contributed by atoms with van der Waals surface area (Å²) in [5, 5.41) is 0. The molecule has 0 heterocycles. The van der Waals surface area contributed by atoms with Crippen LogP contribution in [0.25, 0.3) is 0 Å². The maximum Gasteiger partial charge on any atom is 0.132 e.